The smallest absolute Gasteiger partial charge is 0.234 e. The van der Waals surface area contributed by atoms with E-state index in [0.717, 1.165) is 15.9 Å². The molecule has 23 heavy (non-hydrogen) atoms. The molecule has 3 rings (SSSR count). The number of carbonyl (C=O) groups is 1. The quantitative estimate of drug-likeness (QED) is 0.590. The first-order valence-electron chi connectivity index (χ1n) is 6.89. The zero-order chi connectivity index (χ0) is 16.1. The lowest BCUT2D eigenvalue weighted by Gasteiger charge is -2.06. The van der Waals surface area contributed by atoms with Crippen molar-refractivity contribution in [2.45, 2.75) is 5.03 Å². The molecule has 1 N–H and O–H groups in total. The van der Waals surface area contributed by atoms with Gasteiger partial charge in [0.15, 0.2) is 0 Å². The topological polar surface area (TPSA) is 78.7 Å². The van der Waals surface area contributed by atoms with Crippen molar-refractivity contribution in [3.05, 3.63) is 60.4 Å². The lowest BCUT2D eigenvalue weighted by molar-refractivity contribution is -0.113. The van der Waals surface area contributed by atoms with Crippen LogP contribution in [0.3, 0.4) is 0 Å². The summed E-state index contributed by atoms with van der Waals surface area (Å²) >= 11 is 1.36. The summed E-state index contributed by atoms with van der Waals surface area (Å²) < 4.78 is 0. The van der Waals surface area contributed by atoms with Crippen LogP contribution in [0.4, 0.5) is 5.69 Å². The summed E-state index contributed by atoms with van der Waals surface area (Å²) in [5.41, 5.74) is 1.98. The molecule has 5 nitrogen and oxygen atoms in total. The Balaban J connectivity index is 1.68. The van der Waals surface area contributed by atoms with Gasteiger partial charge in [0.1, 0.15) is 11.4 Å². The molecule has 2 aromatic carbocycles. The van der Waals surface area contributed by atoms with Crippen molar-refractivity contribution in [2.75, 3.05) is 11.1 Å². The molecule has 6 heteroatoms. The van der Waals surface area contributed by atoms with E-state index in [1.807, 2.05) is 30.3 Å². The predicted octanol–water partition coefficient (Wildman–Crippen LogP) is 3.23. The monoisotopic (exact) mass is 320 g/mol. The number of fused-ring (bicyclic) bond motifs is 1. The Kier molecular flexibility index (Phi) is 4.50. The van der Waals surface area contributed by atoms with Crippen LogP contribution in [0.25, 0.3) is 10.9 Å². The van der Waals surface area contributed by atoms with Gasteiger partial charge >= 0.3 is 0 Å². The van der Waals surface area contributed by atoms with Gasteiger partial charge in [0.25, 0.3) is 0 Å². The Morgan fingerprint density at radius 3 is 2.91 bits per heavy atom. The number of nitriles is 1. The van der Waals surface area contributed by atoms with Crippen LogP contribution in [0.15, 0.2) is 59.9 Å². The fourth-order valence-electron chi connectivity index (χ4n) is 2.09. The molecule has 0 spiro atoms. The highest BCUT2D eigenvalue weighted by atomic mass is 32.2. The molecule has 1 aromatic heterocycles. The van der Waals surface area contributed by atoms with E-state index in [2.05, 4.69) is 15.3 Å². The summed E-state index contributed by atoms with van der Waals surface area (Å²) in [4.78, 5) is 20.5. The van der Waals surface area contributed by atoms with E-state index in [4.69, 9.17) is 5.26 Å². The highest BCUT2D eigenvalue weighted by Gasteiger charge is 2.08. The van der Waals surface area contributed by atoms with Gasteiger partial charge in [0.2, 0.25) is 5.91 Å². The van der Waals surface area contributed by atoms with Crippen molar-refractivity contribution >= 4 is 34.3 Å². The molecular formula is C17H12N4OS. The van der Waals surface area contributed by atoms with Gasteiger partial charge in [-0.3, -0.25) is 4.79 Å². The zero-order valence-corrected chi connectivity index (χ0v) is 12.9. The minimum absolute atomic E-state index is 0.146. The highest BCUT2D eigenvalue weighted by molar-refractivity contribution is 8.00. The zero-order valence-electron chi connectivity index (χ0n) is 12.1. The van der Waals surface area contributed by atoms with Crippen LogP contribution < -0.4 is 5.32 Å². The minimum Gasteiger partial charge on any atom is -0.325 e. The second-order valence-electron chi connectivity index (χ2n) is 4.73. The highest BCUT2D eigenvalue weighted by Crippen LogP contribution is 2.24. The van der Waals surface area contributed by atoms with Crippen LogP contribution in [0.1, 0.15) is 5.56 Å². The number of anilines is 1. The molecule has 0 saturated carbocycles. The van der Waals surface area contributed by atoms with Crippen molar-refractivity contribution in [3.8, 4) is 6.07 Å². The van der Waals surface area contributed by atoms with Crippen LogP contribution in [0.5, 0.6) is 0 Å². The molecule has 0 aliphatic carbocycles. The maximum atomic E-state index is 12.1. The van der Waals surface area contributed by atoms with E-state index >= 15 is 0 Å². The Bertz CT molecular complexity index is 899. The largest absolute Gasteiger partial charge is 0.325 e. The molecule has 112 valence electrons. The molecule has 0 atom stereocenters. The van der Waals surface area contributed by atoms with Crippen LogP contribution >= 0.6 is 11.8 Å². The van der Waals surface area contributed by atoms with Crippen molar-refractivity contribution in [2.24, 2.45) is 0 Å². The van der Waals surface area contributed by atoms with E-state index in [-0.39, 0.29) is 11.7 Å². The van der Waals surface area contributed by atoms with Crippen LogP contribution in [-0.4, -0.2) is 21.6 Å². The third-order valence-electron chi connectivity index (χ3n) is 3.12. The number of hydrogen-bond donors (Lipinski definition) is 1. The predicted molar refractivity (Wildman–Crippen MR) is 90.0 cm³/mol. The minimum atomic E-state index is -0.146. The number of nitrogens with one attached hydrogen (secondary N) is 1. The van der Waals surface area contributed by atoms with Gasteiger partial charge in [-0.05, 0) is 24.3 Å². The average molecular weight is 320 g/mol. The molecule has 1 amide bonds. The number of rotatable bonds is 4. The first-order chi connectivity index (χ1) is 11.3. The maximum absolute atomic E-state index is 12.1. The molecule has 0 saturated heterocycles. The van der Waals surface area contributed by atoms with Gasteiger partial charge in [-0.2, -0.15) is 5.26 Å². The van der Waals surface area contributed by atoms with Crippen molar-refractivity contribution in [1.29, 1.82) is 5.26 Å². The summed E-state index contributed by atoms with van der Waals surface area (Å²) in [6, 6.07) is 16.6. The normalized spacial score (nSPS) is 10.2. The van der Waals surface area contributed by atoms with E-state index in [9.17, 15) is 4.79 Å². The van der Waals surface area contributed by atoms with Gasteiger partial charge in [-0.1, -0.05) is 36.0 Å². The standard InChI is InChI=1S/C17H12N4OS/c18-9-12-4-3-5-13(8-12)21-16(22)10-23-17-14-6-1-2-7-15(14)19-11-20-17/h1-8,11H,10H2,(H,21,22). The van der Waals surface area contributed by atoms with Gasteiger partial charge in [-0.15, -0.1) is 0 Å². The number of nitrogens with zero attached hydrogens (tertiary/aromatic N) is 3. The van der Waals surface area contributed by atoms with Gasteiger partial charge in [-0.25, -0.2) is 9.97 Å². The first kappa shape index (κ1) is 15.0. The third-order valence-corrected chi connectivity index (χ3v) is 4.13. The van der Waals surface area contributed by atoms with Gasteiger partial charge in [0, 0.05) is 11.1 Å². The lowest BCUT2D eigenvalue weighted by atomic mass is 10.2. The maximum Gasteiger partial charge on any atom is 0.234 e. The van der Waals surface area contributed by atoms with E-state index in [1.54, 1.807) is 24.3 Å². The van der Waals surface area contributed by atoms with Crippen LogP contribution in [0.2, 0.25) is 0 Å². The van der Waals surface area contributed by atoms with Crippen LogP contribution in [-0.2, 0) is 4.79 Å². The van der Waals surface area contributed by atoms with Crippen molar-refractivity contribution in [3.63, 3.8) is 0 Å². The van der Waals surface area contributed by atoms with Crippen molar-refractivity contribution in [1.82, 2.24) is 9.97 Å². The third kappa shape index (κ3) is 3.65. The van der Waals surface area contributed by atoms with E-state index in [1.165, 1.54) is 18.1 Å². The number of thioether (sulfide) groups is 1. The van der Waals surface area contributed by atoms with E-state index < -0.39 is 0 Å². The Morgan fingerprint density at radius 2 is 2.04 bits per heavy atom. The van der Waals surface area contributed by atoms with Gasteiger partial charge in [0.05, 0.1) is 22.9 Å². The number of hydrogen-bond acceptors (Lipinski definition) is 5. The van der Waals surface area contributed by atoms with Gasteiger partial charge < -0.3 is 5.32 Å². The summed E-state index contributed by atoms with van der Waals surface area (Å²) in [7, 11) is 0. The molecule has 3 aromatic rings. The van der Waals surface area contributed by atoms with E-state index in [0.29, 0.717) is 11.3 Å². The molecule has 0 aliphatic heterocycles. The molecule has 1 heterocycles. The lowest BCUT2D eigenvalue weighted by Crippen LogP contribution is -2.14. The summed E-state index contributed by atoms with van der Waals surface area (Å²) in [6.07, 6.45) is 1.50. The fourth-order valence-corrected chi connectivity index (χ4v) is 2.88. The number of para-hydroxylation sites is 1. The Hall–Kier alpha value is -2.91. The SMILES string of the molecule is N#Cc1cccc(NC(=O)CSc2ncnc3ccccc23)c1. The summed E-state index contributed by atoms with van der Waals surface area (Å²) in [6.45, 7) is 0. The second kappa shape index (κ2) is 6.90. The number of benzene rings is 2. The molecule has 0 fully saturated rings. The Labute approximate surface area is 137 Å². The van der Waals surface area contributed by atoms with Crippen LogP contribution in [0, 0.1) is 11.3 Å². The second-order valence-corrected chi connectivity index (χ2v) is 5.69. The van der Waals surface area contributed by atoms with Crippen molar-refractivity contribution < 1.29 is 4.79 Å². The Morgan fingerprint density at radius 1 is 1.17 bits per heavy atom. The number of carbonyl (C=O) groups excluding carboxylic acids is 1. The first-order valence-corrected chi connectivity index (χ1v) is 7.87. The number of aromatic nitrogens is 2. The molecule has 0 bridgehead atoms. The summed E-state index contributed by atoms with van der Waals surface area (Å²) in [5.74, 6) is 0.0883. The molecule has 0 radical (unpaired) electrons. The molecular weight excluding hydrogens is 308 g/mol. The number of amides is 1. The summed E-state index contributed by atoms with van der Waals surface area (Å²) in [5, 5.41) is 13.4. The average Bonchev–Trinajstić information content (AvgIpc) is 2.60. The fraction of sp³-hybridized carbons (Fsp3) is 0.0588. The molecule has 0 unspecified atom stereocenters. The molecule has 0 aliphatic rings.